The third kappa shape index (κ3) is 2.62. The van der Waals surface area contributed by atoms with Crippen molar-refractivity contribution >= 4 is 17.7 Å². The molecule has 0 radical (unpaired) electrons. The van der Waals surface area contributed by atoms with E-state index >= 15 is 0 Å². The zero-order valence-corrected chi connectivity index (χ0v) is 8.94. The van der Waals surface area contributed by atoms with Crippen LogP contribution in [0.15, 0.2) is 0 Å². The van der Waals surface area contributed by atoms with Crippen molar-refractivity contribution in [2.45, 2.75) is 37.8 Å². The van der Waals surface area contributed by atoms with Gasteiger partial charge in [0.15, 0.2) is 0 Å². The van der Waals surface area contributed by atoms with Gasteiger partial charge >= 0.3 is 0 Å². The highest BCUT2D eigenvalue weighted by molar-refractivity contribution is 7.99. The van der Waals surface area contributed by atoms with E-state index < -0.39 is 0 Å². The molecular weight excluding hydrogens is 200 g/mol. The van der Waals surface area contributed by atoms with Gasteiger partial charge in [-0.3, -0.25) is 14.9 Å². The summed E-state index contributed by atoms with van der Waals surface area (Å²) in [5, 5.41) is 3.10. The Morgan fingerprint density at radius 3 is 2.86 bits per heavy atom. The lowest BCUT2D eigenvalue weighted by molar-refractivity contribution is -0.139. The number of carbonyl (C=O) groups is 1. The predicted molar refractivity (Wildman–Crippen MR) is 55.7 cm³/mol. The van der Waals surface area contributed by atoms with Crippen molar-refractivity contribution in [2.75, 3.05) is 11.6 Å². The second kappa shape index (κ2) is 5.00. The predicted octanol–water partition coefficient (Wildman–Crippen LogP) is 0.639. The van der Waals surface area contributed by atoms with E-state index in [1.807, 2.05) is 0 Å². The molecule has 0 bridgehead atoms. The first-order valence-corrected chi connectivity index (χ1v) is 6.28. The summed E-state index contributed by atoms with van der Waals surface area (Å²) in [4.78, 5) is 16.8. The standard InChI is InChI=1S/C9H16N2O2S/c12-9(8-5-14-6-10-8)11-13-7-3-1-2-4-7/h7-8,10H,1-6H2,(H,11,12). The highest BCUT2D eigenvalue weighted by Crippen LogP contribution is 2.20. The van der Waals surface area contributed by atoms with Gasteiger partial charge in [0.05, 0.1) is 12.1 Å². The number of thioether (sulfide) groups is 1. The number of rotatable bonds is 3. The van der Waals surface area contributed by atoms with E-state index in [0.29, 0.717) is 0 Å². The molecule has 0 aromatic rings. The maximum Gasteiger partial charge on any atom is 0.261 e. The van der Waals surface area contributed by atoms with Crippen LogP contribution in [0.25, 0.3) is 0 Å². The van der Waals surface area contributed by atoms with Gasteiger partial charge in [0.1, 0.15) is 0 Å². The normalized spacial score (nSPS) is 28.1. The van der Waals surface area contributed by atoms with Crippen molar-refractivity contribution in [3.63, 3.8) is 0 Å². The molecule has 2 N–H and O–H groups in total. The highest BCUT2D eigenvalue weighted by atomic mass is 32.2. The number of hydrogen-bond donors (Lipinski definition) is 2. The molecule has 2 aliphatic rings. The molecule has 1 unspecified atom stereocenters. The molecule has 0 aromatic heterocycles. The fraction of sp³-hybridized carbons (Fsp3) is 0.889. The quantitative estimate of drug-likeness (QED) is 0.680. The third-order valence-electron chi connectivity index (χ3n) is 2.66. The average molecular weight is 216 g/mol. The highest BCUT2D eigenvalue weighted by Gasteiger charge is 2.24. The van der Waals surface area contributed by atoms with E-state index in [4.69, 9.17) is 4.84 Å². The average Bonchev–Trinajstić information content (AvgIpc) is 2.87. The minimum atomic E-state index is -0.0681. The van der Waals surface area contributed by atoms with Crippen LogP contribution in [0.2, 0.25) is 0 Å². The summed E-state index contributed by atoms with van der Waals surface area (Å²) in [6, 6.07) is -0.0681. The molecule has 2 rings (SSSR count). The van der Waals surface area contributed by atoms with Crippen molar-refractivity contribution in [1.82, 2.24) is 10.8 Å². The van der Waals surface area contributed by atoms with Gasteiger partial charge in [0.2, 0.25) is 0 Å². The molecule has 1 aliphatic carbocycles. The van der Waals surface area contributed by atoms with E-state index in [2.05, 4.69) is 10.8 Å². The Labute approximate surface area is 88.1 Å². The lowest BCUT2D eigenvalue weighted by Crippen LogP contribution is -2.43. The minimum Gasteiger partial charge on any atom is -0.296 e. The fourth-order valence-electron chi connectivity index (χ4n) is 1.78. The molecule has 1 saturated heterocycles. The third-order valence-corrected chi connectivity index (χ3v) is 3.60. The van der Waals surface area contributed by atoms with Crippen LogP contribution in [0.1, 0.15) is 25.7 Å². The second-order valence-electron chi connectivity index (χ2n) is 3.76. The largest absolute Gasteiger partial charge is 0.296 e. The topological polar surface area (TPSA) is 50.4 Å². The lowest BCUT2D eigenvalue weighted by Gasteiger charge is -2.14. The van der Waals surface area contributed by atoms with Gasteiger partial charge in [-0.25, -0.2) is 5.48 Å². The van der Waals surface area contributed by atoms with Crippen molar-refractivity contribution in [3.05, 3.63) is 0 Å². The number of hydroxylamine groups is 1. The van der Waals surface area contributed by atoms with Crippen molar-refractivity contribution < 1.29 is 9.63 Å². The fourth-order valence-corrected chi connectivity index (χ4v) is 2.72. The maximum absolute atomic E-state index is 11.5. The van der Waals surface area contributed by atoms with E-state index in [0.717, 1.165) is 24.5 Å². The monoisotopic (exact) mass is 216 g/mol. The molecule has 1 atom stereocenters. The first-order chi connectivity index (χ1) is 6.86. The van der Waals surface area contributed by atoms with Crippen molar-refractivity contribution in [1.29, 1.82) is 0 Å². The van der Waals surface area contributed by atoms with Crippen LogP contribution in [0.4, 0.5) is 0 Å². The molecule has 80 valence electrons. The van der Waals surface area contributed by atoms with Crippen LogP contribution in [0, 0.1) is 0 Å². The zero-order valence-electron chi connectivity index (χ0n) is 8.12. The summed E-state index contributed by atoms with van der Waals surface area (Å²) in [7, 11) is 0. The van der Waals surface area contributed by atoms with Crippen LogP contribution in [0.5, 0.6) is 0 Å². The van der Waals surface area contributed by atoms with Crippen LogP contribution in [0.3, 0.4) is 0 Å². The maximum atomic E-state index is 11.5. The summed E-state index contributed by atoms with van der Waals surface area (Å²) in [6.07, 6.45) is 4.84. The Kier molecular flexibility index (Phi) is 3.67. The first kappa shape index (κ1) is 10.3. The molecule has 0 spiro atoms. The number of nitrogens with one attached hydrogen (secondary N) is 2. The summed E-state index contributed by atoms with van der Waals surface area (Å²) < 4.78 is 0. The van der Waals surface area contributed by atoms with Crippen LogP contribution in [-0.2, 0) is 9.63 Å². The van der Waals surface area contributed by atoms with Crippen LogP contribution < -0.4 is 10.8 Å². The molecule has 1 heterocycles. The van der Waals surface area contributed by atoms with Crippen molar-refractivity contribution in [3.8, 4) is 0 Å². The molecule has 1 saturated carbocycles. The molecule has 5 heteroatoms. The molecule has 1 aliphatic heterocycles. The van der Waals surface area contributed by atoms with E-state index in [1.165, 1.54) is 12.8 Å². The van der Waals surface area contributed by atoms with Gasteiger partial charge in [-0.15, -0.1) is 11.8 Å². The lowest BCUT2D eigenvalue weighted by atomic mass is 10.3. The smallest absolute Gasteiger partial charge is 0.261 e. The molecule has 4 nitrogen and oxygen atoms in total. The van der Waals surface area contributed by atoms with Gasteiger partial charge in [-0.1, -0.05) is 12.8 Å². The zero-order chi connectivity index (χ0) is 9.80. The summed E-state index contributed by atoms with van der Waals surface area (Å²) in [5.74, 6) is 1.68. The van der Waals surface area contributed by atoms with Gasteiger partial charge in [-0.2, -0.15) is 0 Å². The van der Waals surface area contributed by atoms with Gasteiger partial charge in [-0.05, 0) is 12.8 Å². The first-order valence-electron chi connectivity index (χ1n) is 5.13. The van der Waals surface area contributed by atoms with Crippen molar-refractivity contribution in [2.24, 2.45) is 0 Å². The molecular formula is C9H16N2O2S. The Morgan fingerprint density at radius 1 is 1.43 bits per heavy atom. The SMILES string of the molecule is O=C(NOC1CCCC1)C1CSCN1. The van der Waals surface area contributed by atoms with E-state index in [1.54, 1.807) is 11.8 Å². The van der Waals surface area contributed by atoms with E-state index in [-0.39, 0.29) is 18.1 Å². The number of carbonyl (C=O) groups excluding carboxylic acids is 1. The second-order valence-corrected chi connectivity index (χ2v) is 4.79. The Bertz CT molecular complexity index is 201. The molecule has 1 amide bonds. The Morgan fingerprint density at radius 2 is 2.21 bits per heavy atom. The van der Waals surface area contributed by atoms with Gasteiger partial charge < -0.3 is 0 Å². The van der Waals surface area contributed by atoms with Crippen LogP contribution >= 0.6 is 11.8 Å². The number of hydrogen-bond acceptors (Lipinski definition) is 4. The molecule has 0 aromatic carbocycles. The van der Waals surface area contributed by atoms with Gasteiger partial charge in [0.25, 0.3) is 5.91 Å². The minimum absolute atomic E-state index is 0.0260. The Balaban J connectivity index is 1.66. The summed E-state index contributed by atoms with van der Waals surface area (Å²) in [5.41, 5.74) is 2.55. The van der Waals surface area contributed by atoms with Crippen LogP contribution in [-0.4, -0.2) is 29.7 Å². The Hall–Kier alpha value is -0.260. The number of amides is 1. The summed E-state index contributed by atoms with van der Waals surface area (Å²) >= 11 is 1.74. The summed E-state index contributed by atoms with van der Waals surface area (Å²) in [6.45, 7) is 0. The molecule has 14 heavy (non-hydrogen) atoms. The molecule has 2 fully saturated rings. The van der Waals surface area contributed by atoms with E-state index in [9.17, 15) is 4.79 Å². The van der Waals surface area contributed by atoms with Gasteiger partial charge in [0, 0.05) is 11.6 Å².